The van der Waals surface area contributed by atoms with Crippen LogP contribution in [-0.2, 0) is 24.2 Å². The van der Waals surface area contributed by atoms with Gasteiger partial charge in [-0.1, -0.05) is 38.1 Å². The summed E-state index contributed by atoms with van der Waals surface area (Å²) < 4.78 is 28.9. The zero-order valence-corrected chi connectivity index (χ0v) is 20.6. The van der Waals surface area contributed by atoms with E-state index in [2.05, 4.69) is 53.8 Å². The number of benzene rings is 2. The summed E-state index contributed by atoms with van der Waals surface area (Å²) in [4.78, 5) is 11.7. The second-order valence-corrected chi connectivity index (χ2v) is 10.0. The summed E-state index contributed by atoms with van der Waals surface area (Å²) >= 11 is 0. The van der Waals surface area contributed by atoms with Crippen LogP contribution in [0, 0.1) is 17.0 Å². The van der Waals surface area contributed by atoms with Crippen molar-refractivity contribution in [2.75, 3.05) is 6.54 Å². The van der Waals surface area contributed by atoms with Gasteiger partial charge in [-0.05, 0) is 53.1 Å². The maximum absolute atomic E-state index is 13.6. The highest BCUT2D eigenvalue weighted by Gasteiger charge is 2.21. The molecule has 0 fully saturated rings. The third kappa shape index (κ3) is 8.22. The molecule has 1 amide bonds. The van der Waals surface area contributed by atoms with Gasteiger partial charge in [-0.2, -0.15) is 0 Å². The molecule has 7 nitrogen and oxygen atoms in total. The molecular formula is C26H33F2N5O2. The SMILES string of the molecule is CC(=O)NC(Cc1cc(F)cc(F)c1)C(O)CNCc1cc(CC(C)(C)C)ccc1-n1ccnn1. The van der Waals surface area contributed by atoms with Crippen molar-refractivity contribution in [2.24, 2.45) is 5.41 Å². The zero-order chi connectivity index (χ0) is 25.6. The molecule has 3 N–H and O–H groups in total. The number of carbonyl (C=O) groups excluding carboxylic acids is 1. The lowest BCUT2D eigenvalue weighted by Crippen LogP contribution is -2.48. The van der Waals surface area contributed by atoms with Crippen molar-refractivity contribution in [2.45, 2.75) is 59.2 Å². The summed E-state index contributed by atoms with van der Waals surface area (Å²) in [7, 11) is 0. The molecule has 0 saturated carbocycles. The van der Waals surface area contributed by atoms with E-state index < -0.39 is 23.8 Å². The second-order valence-electron chi connectivity index (χ2n) is 10.0. The number of aromatic nitrogens is 3. The normalized spacial score (nSPS) is 13.5. The van der Waals surface area contributed by atoms with Gasteiger partial charge < -0.3 is 15.7 Å². The fourth-order valence-corrected chi connectivity index (χ4v) is 4.09. The van der Waals surface area contributed by atoms with Crippen molar-refractivity contribution in [1.82, 2.24) is 25.6 Å². The smallest absolute Gasteiger partial charge is 0.217 e. The number of aliphatic hydroxyl groups excluding tert-OH is 1. The van der Waals surface area contributed by atoms with Crippen LogP contribution in [0.15, 0.2) is 48.8 Å². The van der Waals surface area contributed by atoms with Crippen LogP contribution in [0.1, 0.15) is 44.4 Å². The molecule has 2 aromatic carbocycles. The molecule has 2 unspecified atom stereocenters. The molecule has 9 heteroatoms. The highest BCUT2D eigenvalue weighted by molar-refractivity contribution is 5.73. The molecule has 0 aliphatic rings. The Bertz CT molecular complexity index is 1110. The lowest BCUT2D eigenvalue weighted by Gasteiger charge is -2.25. The third-order valence-corrected chi connectivity index (χ3v) is 5.45. The largest absolute Gasteiger partial charge is 0.390 e. The minimum absolute atomic E-state index is 0.0857. The van der Waals surface area contributed by atoms with Crippen molar-refractivity contribution < 1.29 is 18.7 Å². The number of nitrogens with zero attached hydrogens (tertiary/aromatic N) is 3. The molecule has 0 aliphatic carbocycles. The highest BCUT2D eigenvalue weighted by Crippen LogP contribution is 2.24. The molecule has 35 heavy (non-hydrogen) atoms. The molecule has 0 aliphatic heterocycles. The van der Waals surface area contributed by atoms with E-state index >= 15 is 0 Å². The van der Waals surface area contributed by atoms with Gasteiger partial charge in [0.25, 0.3) is 0 Å². The van der Waals surface area contributed by atoms with Crippen molar-refractivity contribution in [3.05, 3.63) is 77.1 Å². The maximum atomic E-state index is 13.6. The van der Waals surface area contributed by atoms with Crippen molar-refractivity contribution >= 4 is 5.91 Å². The first-order chi connectivity index (χ1) is 16.5. The number of nitrogens with one attached hydrogen (secondary N) is 2. The van der Waals surface area contributed by atoms with Crippen LogP contribution in [0.25, 0.3) is 5.69 Å². The molecule has 0 bridgehead atoms. The topological polar surface area (TPSA) is 92.1 Å². The van der Waals surface area contributed by atoms with E-state index in [9.17, 15) is 18.7 Å². The van der Waals surface area contributed by atoms with Crippen molar-refractivity contribution in [3.63, 3.8) is 0 Å². The van der Waals surface area contributed by atoms with Gasteiger partial charge in [0.15, 0.2) is 0 Å². The van der Waals surface area contributed by atoms with E-state index in [-0.39, 0.29) is 24.3 Å². The fraction of sp³-hybridized carbons (Fsp3) is 0.423. The Kier molecular flexibility index (Phi) is 8.69. The Morgan fingerprint density at radius 2 is 1.83 bits per heavy atom. The van der Waals surface area contributed by atoms with Crippen LogP contribution < -0.4 is 10.6 Å². The monoisotopic (exact) mass is 485 g/mol. The number of hydrogen-bond acceptors (Lipinski definition) is 5. The van der Waals surface area contributed by atoms with E-state index in [1.165, 1.54) is 24.6 Å². The first-order valence-electron chi connectivity index (χ1n) is 11.6. The quantitative estimate of drug-likeness (QED) is 0.410. The van der Waals surface area contributed by atoms with Crippen molar-refractivity contribution in [3.8, 4) is 5.69 Å². The summed E-state index contributed by atoms with van der Waals surface area (Å²) in [6.45, 7) is 8.47. The van der Waals surface area contributed by atoms with E-state index in [0.29, 0.717) is 12.1 Å². The molecular weight excluding hydrogens is 452 g/mol. The fourth-order valence-electron chi connectivity index (χ4n) is 4.09. The Balaban J connectivity index is 1.72. The Hall–Kier alpha value is -3.17. The van der Waals surface area contributed by atoms with Gasteiger partial charge in [0.05, 0.1) is 30.2 Å². The number of amides is 1. The van der Waals surface area contributed by atoms with Crippen LogP contribution in [0.3, 0.4) is 0 Å². The molecule has 188 valence electrons. The average Bonchev–Trinajstić information content (AvgIpc) is 3.26. The van der Waals surface area contributed by atoms with Gasteiger partial charge >= 0.3 is 0 Å². The lowest BCUT2D eigenvalue weighted by molar-refractivity contribution is -0.120. The zero-order valence-electron chi connectivity index (χ0n) is 20.6. The van der Waals surface area contributed by atoms with E-state index in [1.807, 2.05) is 6.07 Å². The number of aliphatic hydroxyl groups is 1. The summed E-state index contributed by atoms with van der Waals surface area (Å²) in [5.74, 6) is -1.75. The molecule has 3 aromatic rings. The lowest BCUT2D eigenvalue weighted by atomic mass is 9.87. The van der Waals surface area contributed by atoms with Gasteiger partial charge in [0.1, 0.15) is 11.6 Å². The van der Waals surface area contributed by atoms with Gasteiger partial charge in [-0.25, -0.2) is 13.5 Å². The van der Waals surface area contributed by atoms with E-state index in [0.717, 1.165) is 23.7 Å². The van der Waals surface area contributed by atoms with Crippen LogP contribution in [0.2, 0.25) is 0 Å². The van der Waals surface area contributed by atoms with Crippen molar-refractivity contribution in [1.29, 1.82) is 0 Å². The number of rotatable bonds is 10. The molecule has 1 heterocycles. The van der Waals surface area contributed by atoms with Gasteiger partial charge in [-0.15, -0.1) is 5.10 Å². The first kappa shape index (κ1) is 26.4. The van der Waals surface area contributed by atoms with Crippen LogP contribution >= 0.6 is 0 Å². The van der Waals surface area contributed by atoms with Crippen LogP contribution in [0.4, 0.5) is 8.78 Å². The minimum Gasteiger partial charge on any atom is -0.390 e. The maximum Gasteiger partial charge on any atom is 0.217 e. The highest BCUT2D eigenvalue weighted by atomic mass is 19.1. The van der Waals surface area contributed by atoms with E-state index in [1.54, 1.807) is 17.1 Å². The molecule has 2 atom stereocenters. The third-order valence-electron chi connectivity index (χ3n) is 5.45. The number of carbonyl (C=O) groups is 1. The summed E-state index contributed by atoms with van der Waals surface area (Å²) in [6.07, 6.45) is 3.37. The predicted octanol–water partition coefficient (Wildman–Crippen LogP) is 3.33. The van der Waals surface area contributed by atoms with E-state index in [4.69, 9.17) is 0 Å². The second kappa shape index (κ2) is 11.5. The minimum atomic E-state index is -0.988. The van der Waals surface area contributed by atoms with Gasteiger partial charge in [-0.3, -0.25) is 4.79 Å². The number of halogens is 2. The van der Waals surface area contributed by atoms with Crippen LogP contribution in [-0.4, -0.2) is 44.7 Å². The number of hydrogen-bond donors (Lipinski definition) is 3. The molecule has 0 spiro atoms. The average molecular weight is 486 g/mol. The Morgan fingerprint density at radius 1 is 1.11 bits per heavy atom. The van der Waals surface area contributed by atoms with Gasteiger partial charge in [0, 0.05) is 26.1 Å². The molecule has 0 radical (unpaired) electrons. The first-order valence-corrected chi connectivity index (χ1v) is 11.6. The standard InChI is InChI=1S/C26H33F2N5O2/c1-17(34)31-23(12-19-10-21(27)13-22(28)11-19)25(35)16-29-15-20-9-18(14-26(2,3)4)5-6-24(20)33-8-7-30-32-33/h5-11,13,23,25,29,35H,12,14-16H2,1-4H3,(H,31,34). The summed E-state index contributed by atoms with van der Waals surface area (Å²) in [5.41, 5.74) is 3.51. The molecule has 0 saturated heterocycles. The summed E-state index contributed by atoms with van der Waals surface area (Å²) in [5, 5.41) is 24.7. The predicted molar refractivity (Wildman–Crippen MR) is 130 cm³/mol. The van der Waals surface area contributed by atoms with Crippen LogP contribution in [0.5, 0.6) is 0 Å². The summed E-state index contributed by atoms with van der Waals surface area (Å²) in [6, 6.07) is 8.65. The molecule has 1 aromatic heterocycles. The Morgan fingerprint density at radius 3 is 2.43 bits per heavy atom. The van der Waals surface area contributed by atoms with Gasteiger partial charge in [0.2, 0.25) is 5.91 Å². The Labute approximate surface area is 204 Å². The molecule has 3 rings (SSSR count).